The quantitative estimate of drug-likeness (QED) is 0.488. The molecule has 0 atom stereocenters. The van der Waals surface area contributed by atoms with Crippen LogP contribution in [0.4, 0.5) is 0 Å². The molecule has 0 spiro atoms. The Labute approximate surface area is 194 Å². The number of benzene rings is 1. The van der Waals surface area contributed by atoms with Crippen molar-refractivity contribution >= 4 is 10.8 Å². The predicted octanol–water partition coefficient (Wildman–Crippen LogP) is 0.629. The molecule has 0 fully saturated rings. The summed E-state index contributed by atoms with van der Waals surface area (Å²) in [6.45, 7) is 13.1. The average molecular weight is 543 g/mol. The van der Waals surface area contributed by atoms with Gasteiger partial charge < -0.3 is 34.0 Å². The fraction of sp³-hybridized carbons (Fsp3) is 0.409. The SMILES string of the molecule is CC1=[C-]C(C)(C)C(C)=C1C.CCCc1cc2ccccc2[cH-]1.[Br-].[Br-].[Zr+4]. The molecule has 0 unspecified atom stereocenters. The van der Waals surface area contributed by atoms with E-state index in [1.807, 2.05) is 0 Å². The first kappa shape index (κ1) is 27.4. The summed E-state index contributed by atoms with van der Waals surface area (Å²) in [7, 11) is 0. The molecular formula is C22H28Br2Zr. The summed E-state index contributed by atoms with van der Waals surface area (Å²) in [6, 6.07) is 13.1. The summed E-state index contributed by atoms with van der Waals surface area (Å²) >= 11 is 0. The van der Waals surface area contributed by atoms with Crippen LogP contribution in [0, 0.1) is 11.5 Å². The summed E-state index contributed by atoms with van der Waals surface area (Å²) in [4.78, 5) is 0. The minimum Gasteiger partial charge on any atom is -1.00 e. The van der Waals surface area contributed by atoms with E-state index in [0.29, 0.717) is 0 Å². The Morgan fingerprint density at radius 1 is 1.04 bits per heavy atom. The van der Waals surface area contributed by atoms with E-state index in [4.69, 9.17) is 0 Å². The molecule has 0 N–H and O–H groups in total. The van der Waals surface area contributed by atoms with Gasteiger partial charge in [0.25, 0.3) is 0 Å². The number of hydrogen-bond donors (Lipinski definition) is 0. The molecule has 0 saturated heterocycles. The van der Waals surface area contributed by atoms with Gasteiger partial charge in [-0.2, -0.15) is 17.2 Å². The van der Waals surface area contributed by atoms with Crippen LogP contribution in [0.2, 0.25) is 0 Å². The maximum absolute atomic E-state index is 3.44. The van der Waals surface area contributed by atoms with E-state index >= 15 is 0 Å². The zero-order valence-electron chi connectivity index (χ0n) is 16.1. The van der Waals surface area contributed by atoms with Gasteiger partial charge in [-0.3, -0.25) is 6.08 Å². The molecule has 0 heterocycles. The van der Waals surface area contributed by atoms with Gasteiger partial charge in [0.1, 0.15) is 0 Å². The monoisotopic (exact) mass is 540 g/mol. The minimum atomic E-state index is 0. The van der Waals surface area contributed by atoms with Crippen LogP contribution in [0.25, 0.3) is 10.8 Å². The van der Waals surface area contributed by atoms with E-state index in [1.165, 1.54) is 45.9 Å². The number of rotatable bonds is 2. The largest absolute Gasteiger partial charge is 4.00 e. The Bertz CT molecular complexity index is 687. The van der Waals surface area contributed by atoms with Crippen molar-refractivity contribution < 1.29 is 60.2 Å². The fourth-order valence-corrected chi connectivity index (χ4v) is 3.05. The van der Waals surface area contributed by atoms with Crippen molar-refractivity contribution in [2.24, 2.45) is 5.41 Å². The number of hydrogen-bond acceptors (Lipinski definition) is 0. The molecule has 0 aromatic heterocycles. The summed E-state index contributed by atoms with van der Waals surface area (Å²) in [5.41, 5.74) is 5.87. The smallest absolute Gasteiger partial charge is 1.00 e. The van der Waals surface area contributed by atoms with Crippen LogP contribution in [0.5, 0.6) is 0 Å². The molecule has 0 saturated carbocycles. The summed E-state index contributed by atoms with van der Waals surface area (Å²) in [5, 5.41) is 2.75. The van der Waals surface area contributed by atoms with Crippen molar-refractivity contribution in [3.63, 3.8) is 0 Å². The summed E-state index contributed by atoms with van der Waals surface area (Å²) < 4.78 is 0. The topological polar surface area (TPSA) is 0 Å². The van der Waals surface area contributed by atoms with Crippen LogP contribution >= 0.6 is 0 Å². The molecule has 1 aliphatic carbocycles. The number of fused-ring (bicyclic) bond motifs is 1. The van der Waals surface area contributed by atoms with E-state index in [9.17, 15) is 0 Å². The molecule has 0 bridgehead atoms. The molecule has 0 nitrogen and oxygen atoms in total. The second-order valence-corrected chi connectivity index (χ2v) is 6.87. The zero-order valence-corrected chi connectivity index (χ0v) is 21.8. The van der Waals surface area contributed by atoms with Crippen molar-refractivity contribution in [2.75, 3.05) is 0 Å². The molecule has 3 heteroatoms. The molecule has 3 rings (SSSR count). The molecule has 0 amide bonds. The van der Waals surface area contributed by atoms with Crippen LogP contribution in [-0.4, -0.2) is 0 Å². The van der Waals surface area contributed by atoms with E-state index in [0.717, 1.165) is 0 Å². The normalized spacial score (nSPS) is 14.6. The van der Waals surface area contributed by atoms with E-state index in [2.05, 4.69) is 84.0 Å². The van der Waals surface area contributed by atoms with Crippen LogP contribution < -0.4 is 34.0 Å². The van der Waals surface area contributed by atoms with Crippen LogP contribution in [0.3, 0.4) is 0 Å². The molecule has 134 valence electrons. The van der Waals surface area contributed by atoms with Gasteiger partial charge in [-0.05, 0) is 6.42 Å². The number of allylic oxidation sites excluding steroid dienone is 4. The zero-order chi connectivity index (χ0) is 16.3. The van der Waals surface area contributed by atoms with Gasteiger partial charge >= 0.3 is 26.2 Å². The standard InChI is InChI=1S/C12H13.C10H15.2BrH.Zr/c1-2-5-10-8-11-6-3-4-7-12(11)9-10;1-7-6-10(4,5)9(3)8(7)2;;;/h3-4,6-9H,2,5H2,1H3;1-5H3;2*1H;/q2*-1;;;+4/p-2. The second-order valence-electron chi connectivity index (χ2n) is 6.87. The van der Waals surface area contributed by atoms with E-state index < -0.39 is 0 Å². The maximum Gasteiger partial charge on any atom is 4.00 e. The molecule has 1 aliphatic rings. The molecular weight excluding hydrogens is 515 g/mol. The van der Waals surface area contributed by atoms with Gasteiger partial charge in [-0.1, -0.05) is 52.5 Å². The fourth-order valence-electron chi connectivity index (χ4n) is 3.05. The minimum absolute atomic E-state index is 0. The molecule has 0 aliphatic heterocycles. The molecule has 2 aromatic carbocycles. The summed E-state index contributed by atoms with van der Waals surface area (Å²) in [5.74, 6) is 0. The molecule has 25 heavy (non-hydrogen) atoms. The van der Waals surface area contributed by atoms with Gasteiger partial charge in [0.2, 0.25) is 0 Å². The first-order chi connectivity index (χ1) is 10.3. The first-order valence-corrected chi connectivity index (χ1v) is 8.29. The van der Waals surface area contributed by atoms with Crippen molar-refractivity contribution in [1.29, 1.82) is 0 Å². The van der Waals surface area contributed by atoms with Gasteiger partial charge in [-0.15, -0.1) is 47.5 Å². The van der Waals surface area contributed by atoms with Gasteiger partial charge in [0.05, 0.1) is 0 Å². The van der Waals surface area contributed by atoms with Crippen molar-refractivity contribution in [1.82, 2.24) is 0 Å². The van der Waals surface area contributed by atoms with E-state index in [-0.39, 0.29) is 65.6 Å². The number of aryl methyl sites for hydroxylation is 1. The summed E-state index contributed by atoms with van der Waals surface area (Å²) in [6.07, 6.45) is 5.87. The Morgan fingerprint density at radius 2 is 1.64 bits per heavy atom. The Morgan fingerprint density at radius 3 is 2.04 bits per heavy atom. The Hall–Kier alpha value is 0.153. The average Bonchev–Trinajstić information content (AvgIpc) is 2.95. The van der Waals surface area contributed by atoms with Crippen LogP contribution in [-0.2, 0) is 32.6 Å². The number of halogens is 2. The third-order valence-electron chi connectivity index (χ3n) is 4.78. The third-order valence-corrected chi connectivity index (χ3v) is 4.78. The van der Waals surface area contributed by atoms with Crippen LogP contribution in [0.1, 0.15) is 53.5 Å². The van der Waals surface area contributed by atoms with E-state index in [1.54, 1.807) is 0 Å². The first-order valence-electron chi connectivity index (χ1n) is 8.29. The van der Waals surface area contributed by atoms with Gasteiger partial charge in [0, 0.05) is 0 Å². The predicted molar refractivity (Wildman–Crippen MR) is 98.1 cm³/mol. The molecule has 2 aromatic rings. The Kier molecular flexibility index (Phi) is 12.9. The molecule has 0 radical (unpaired) electrons. The Balaban J connectivity index is 0. The second kappa shape index (κ2) is 11.8. The van der Waals surface area contributed by atoms with Crippen LogP contribution in [0.15, 0.2) is 53.1 Å². The van der Waals surface area contributed by atoms with Crippen molar-refractivity contribution in [3.8, 4) is 0 Å². The van der Waals surface area contributed by atoms with Crippen molar-refractivity contribution in [2.45, 2.75) is 54.4 Å². The third kappa shape index (κ3) is 7.00. The van der Waals surface area contributed by atoms with Crippen molar-refractivity contribution in [3.05, 3.63) is 64.8 Å². The van der Waals surface area contributed by atoms with Gasteiger partial charge in [-0.25, -0.2) is 5.57 Å². The van der Waals surface area contributed by atoms with Gasteiger partial charge in [0.15, 0.2) is 0 Å². The maximum atomic E-state index is 3.44.